The van der Waals surface area contributed by atoms with Gasteiger partial charge in [-0.2, -0.15) is 0 Å². The van der Waals surface area contributed by atoms with Gasteiger partial charge < -0.3 is 0 Å². The Balaban J connectivity index is 2.35. The highest BCUT2D eigenvalue weighted by Gasteiger charge is 2.13. The molecule has 2 aromatic carbocycles. The number of Topliss-reactive ketones (excluding diaryl/α,β-unsaturated/α-hetero) is 1. The van der Waals surface area contributed by atoms with E-state index in [1.54, 1.807) is 0 Å². The zero-order chi connectivity index (χ0) is 11.5. The van der Waals surface area contributed by atoms with Crippen LogP contribution in [0.1, 0.15) is 10.4 Å². The normalized spacial score (nSPS) is 10.9. The monoisotopic (exact) mass is 231 g/mol. The molecule has 0 fully saturated rings. The van der Waals surface area contributed by atoms with Gasteiger partial charge in [0.2, 0.25) is 5.78 Å². The third kappa shape index (κ3) is 2.45. The molecule has 82 valence electrons. The van der Waals surface area contributed by atoms with Gasteiger partial charge in [-0.1, -0.05) is 36.4 Å². The summed E-state index contributed by atoms with van der Waals surface area (Å²) in [7, 11) is 0.171. The Morgan fingerprint density at radius 1 is 1.06 bits per heavy atom. The molecule has 0 spiro atoms. The Labute approximate surface area is 98.8 Å². The lowest BCUT2D eigenvalue weighted by Gasteiger charge is -2.01. The van der Waals surface area contributed by atoms with E-state index < -0.39 is 0 Å². The van der Waals surface area contributed by atoms with Gasteiger partial charge in [0.15, 0.2) is 5.75 Å². The van der Waals surface area contributed by atoms with Crippen molar-refractivity contribution in [3.05, 3.63) is 48.0 Å². The molecule has 16 heavy (non-hydrogen) atoms. The zero-order valence-corrected chi connectivity index (χ0v) is 10.4. The topological polar surface area (TPSA) is 17.1 Å². The molecule has 0 heterocycles. The van der Waals surface area contributed by atoms with Crippen molar-refractivity contribution < 1.29 is 4.79 Å². The van der Waals surface area contributed by atoms with Crippen LogP contribution in [0.3, 0.4) is 0 Å². The van der Waals surface area contributed by atoms with Crippen molar-refractivity contribution in [3.63, 3.8) is 0 Å². The van der Waals surface area contributed by atoms with Crippen molar-refractivity contribution in [2.24, 2.45) is 0 Å². The minimum absolute atomic E-state index is 0.171. The molecule has 0 saturated carbocycles. The van der Waals surface area contributed by atoms with E-state index in [9.17, 15) is 4.79 Å². The van der Waals surface area contributed by atoms with Gasteiger partial charge >= 0.3 is 0 Å². The lowest BCUT2D eigenvalue weighted by molar-refractivity contribution is 0.102. The van der Waals surface area contributed by atoms with Gasteiger partial charge in [0.1, 0.15) is 0 Å². The van der Waals surface area contributed by atoms with E-state index in [4.69, 9.17) is 0 Å². The molecule has 0 aliphatic rings. The molecule has 0 unspecified atom stereocenters. The van der Waals surface area contributed by atoms with Gasteiger partial charge in [-0.25, -0.2) is 0 Å². The van der Waals surface area contributed by atoms with E-state index in [1.165, 1.54) is 5.39 Å². The van der Waals surface area contributed by atoms with Crippen molar-refractivity contribution in [2.45, 2.75) is 0 Å². The highest BCUT2D eigenvalue weighted by Crippen LogP contribution is 2.16. The molecule has 0 N–H and O–H groups in total. The van der Waals surface area contributed by atoms with E-state index in [0.717, 1.165) is 10.9 Å². The summed E-state index contributed by atoms with van der Waals surface area (Å²) in [6.07, 6.45) is 4.19. The number of carbonyl (C=O) groups is 1. The van der Waals surface area contributed by atoms with Crippen LogP contribution in [0.4, 0.5) is 0 Å². The van der Waals surface area contributed by atoms with Crippen molar-refractivity contribution >= 4 is 27.5 Å². The highest BCUT2D eigenvalue weighted by atomic mass is 32.2. The molecule has 1 nitrogen and oxygen atoms in total. The predicted molar refractivity (Wildman–Crippen MR) is 72.4 cm³/mol. The highest BCUT2D eigenvalue weighted by molar-refractivity contribution is 7.96. The van der Waals surface area contributed by atoms with E-state index >= 15 is 0 Å². The maximum atomic E-state index is 11.9. The van der Waals surface area contributed by atoms with Crippen LogP contribution in [-0.4, -0.2) is 24.0 Å². The molecule has 2 aromatic rings. The Hall–Kier alpha value is -1.28. The summed E-state index contributed by atoms with van der Waals surface area (Å²) >= 11 is 0. The number of carbonyl (C=O) groups excluding carboxylic acids is 1. The molecule has 0 amide bonds. The number of hydrogen-bond acceptors (Lipinski definition) is 1. The summed E-state index contributed by atoms with van der Waals surface area (Å²) in [4.78, 5) is 11.9. The summed E-state index contributed by atoms with van der Waals surface area (Å²) < 4.78 is 0. The standard InChI is InChI=1S/C14H15OS/c1-16(2)10-14(15)13-8-7-11-5-3-4-6-12(11)9-13/h3-9H,10H2,1-2H3/q+1. The molecule has 0 aromatic heterocycles. The van der Waals surface area contributed by atoms with Crippen LogP contribution in [-0.2, 0) is 10.9 Å². The Morgan fingerprint density at radius 2 is 1.75 bits per heavy atom. The van der Waals surface area contributed by atoms with Gasteiger partial charge in [-0.3, -0.25) is 4.79 Å². The van der Waals surface area contributed by atoms with E-state index in [0.29, 0.717) is 5.75 Å². The third-order valence-electron chi connectivity index (χ3n) is 2.49. The summed E-state index contributed by atoms with van der Waals surface area (Å²) in [6.45, 7) is 0. The first kappa shape index (κ1) is 11.2. The second-order valence-electron chi connectivity index (χ2n) is 4.12. The Bertz CT molecular complexity index is 517. The fraction of sp³-hybridized carbons (Fsp3) is 0.214. The van der Waals surface area contributed by atoms with Crippen LogP contribution >= 0.6 is 0 Å². The van der Waals surface area contributed by atoms with Gasteiger partial charge in [0.05, 0.1) is 12.5 Å². The number of benzene rings is 2. The maximum absolute atomic E-state index is 11.9. The first-order valence-electron chi connectivity index (χ1n) is 5.23. The molecule has 0 atom stereocenters. The summed E-state index contributed by atoms with van der Waals surface area (Å²) in [5.41, 5.74) is 0.833. The second-order valence-corrected chi connectivity index (χ2v) is 6.37. The number of rotatable bonds is 3. The Kier molecular flexibility index (Phi) is 3.30. The van der Waals surface area contributed by atoms with E-state index in [2.05, 4.69) is 18.6 Å². The molecular weight excluding hydrogens is 216 g/mol. The summed E-state index contributed by atoms with van der Waals surface area (Å²) in [6, 6.07) is 14.1. The molecule has 2 heteroatoms. The fourth-order valence-corrected chi connectivity index (χ4v) is 2.40. The van der Waals surface area contributed by atoms with E-state index in [1.807, 2.05) is 36.4 Å². The fourth-order valence-electron chi connectivity index (χ4n) is 1.71. The summed E-state index contributed by atoms with van der Waals surface area (Å²) in [5.74, 6) is 0.900. The van der Waals surface area contributed by atoms with Crippen LogP contribution in [0.2, 0.25) is 0 Å². The maximum Gasteiger partial charge on any atom is 0.211 e. The van der Waals surface area contributed by atoms with Crippen molar-refractivity contribution in [1.29, 1.82) is 0 Å². The first-order chi connectivity index (χ1) is 7.66. The van der Waals surface area contributed by atoms with Crippen LogP contribution in [0.15, 0.2) is 42.5 Å². The van der Waals surface area contributed by atoms with Gasteiger partial charge in [0, 0.05) is 5.56 Å². The minimum Gasteiger partial charge on any atom is -0.289 e. The average molecular weight is 231 g/mol. The summed E-state index contributed by atoms with van der Waals surface area (Å²) in [5, 5.41) is 2.33. The first-order valence-corrected chi connectivity index (χ1v) is 7.44. The molecular formula is C14H15OS+. The largest absolute Gasteiger partial charge is 0.289 e. The quantitative estimate of drug-likeness (QED) is 0.586. The van der Waals surface area contributed by atoms with Crippen LogP contribution in [0.25, 0.3) is 10.8 Å². The number of fused-ring (bicyclic) bond motifs is 1. The molecule has 0 aliphatic carbocycles. The average Bonchev–Trinajstić information content (AvgIpc) is 2.27. The SMILES string of the molecule is C[S+](C)CC(=O)c1ccc2ccccc2c1. The number of ketones is 1. The second kappa shape index (κ2) is 4.71. The van der Waals surface area contributed by atoms with Crippen LogP contribution in [0.5, 0.6) is 0 Å². The molecule has 0 radical (unpaired) electrons. The predicted octanol–water partition coefficient (Wildman–Crippen LogP) is 2.90. The lowest BCUT2D eigenvalue weighted by atomic mass is 10.1. The smallest absolute Gasteiger partial charge is 0.211 e. The van der Waals surface area contributed by atoms with Crippen LogP contribution < -0.4 is 0 Å². The number of hydrogen-bond donors (Lipinski definition) is 0. The van der Waals surface area contributed by atoms with Crippen molar-refractivity contribution in [3.8, 4) is 0 Å². The molecule has 2 rings (SSSR count). The van der Waals surface area contributed by atoms with Gasteiger partial charge in [-0.15, -0.1) is 0 Å². The Morgan fingerprint density at radius 3 is 2.44 bits per heavy atom. The lowest BCUT2D eigenvalue weighted by Crippen LogP contribution is -2.13. The zero-order valence-electron chi connectivity index (χ0n) is 9.57. The molecule has 0 aliphatic heterocycles. The van der Waals surface area contributed by atoms with Crippen molar-refractivity contribution in [1.82, 2.24) is 0 Å². The van der Waals surface area contributed by atoms with Gasteiger partial charge in [-0.05, 0) is 27.7 Å². The minimum atomic E-state index is 0.171. The molecule has 0 bridgehead atoms. The molecule has 0 saturated heterocycles. The van der Waals surface area contributed by atoms with Crippen LogP contribution in [0, 0.1) is 0 Å². The van der Waals surface area contributed by atoms with E-state index in [-0.39, 0.29) is 16.7 Å². The third-order valence-corrected chi connectivity index (χ3v) is 3.33. The van der Waals surface area contributed by atoms with Gasteiger partial charge in [0.25, 0.3) is 0 Å². The van der Waals surface area contributed by atoms with Crippen molar-refractivity contribution in [2.75, 3.05) is 18.3 Å².